The summed E-state index contributed by atoms with van der Waals surface area (Å²) in [7, 11) is -3.95. The lowest BCUT2D eigenvalue weighted by atomic mass is 9.48. The van der Waals surface area contributed by atoms with Crippen LogP contribution in [0.1, 0.15) is 30.5 Å². The third kappa shape index (κ3) is 3.07. The molecule has 0 unspecified atom stereocenters. The molecule has 3 N–H and O–H groups in total. The second-order valence-corrected chi connectivity index (χ2v) is 10.1. The molecule has 7 nitrogen and oxygen atoms in total. The number of hydrogen-bond acceptors (Lipinski definition) is 5. The van der Waals surface area contributed by atoms with Gasteiger partial charge < -0.3 is 5.73 Å². The number of hydrogen-bond donors (Lipinski definition) is 2. The highest BCUT2D eigenvalue weighted by molar-refractivity contribution is 7.89. The van der Waals surface area contributed by atoms with Gasteiger partial charge in [-0.1, -0.05) is 6.07 Å². The number of nitrogen functional groups attached to an aromatic ring is 1. The zero-order chi connectivity index (χ0) is 22.4. The van der Waals surface area contributed by atoms with Crippen molar-refractivity contribution >= 4 is 21.5 Å². The van der Waals surface area contributed by atoms with Crippen molar-refractivity contribution in [3.05, 3.63) is 41.9 Å². The molecule has 164 valence electrons. The van der Waals surface area contributed by atoms with Crippen molar-refractivity contribution in [2.24, 2.45) is 0 Å². The maximum atomic E-state index is 13.8. The molecule has 12 heteroatoms. The lowest BCUT2D eigenvalue weighted by molar-refractivity contribution is -0.157. The monoisotopic (exact) mass is 455 g/mol. The van der Waals surface area contributed by atoms with Gasteiger partial charge in [0.2, 0.25) is 10.0 Å². The number of imidazole rings is 1. The molecule has 3 aromatic rings. The van der Waals surface area contributed by atoms with Crippen molar-refractivity contribution in [2.75, 3.05) is 5.73 Å². The Morgan fingerprint density at radius 3 is 2.52 bits per heavy atom. The van der Waals surface area contributed by atoms with Gasteiger partial charge >= 0.3 is 6.18 Å². The van der Waals surface area contributed by atoms with E-state index in [1.165, 1.54) is 18.3 Å². The highest BCUT2D eigenvalue weighted by Crippen LogP contribution is 2.63. The number of benzene rings is 1. The number of nitrogens with two attached hydrogens (primary N) is 1. The summed E-state index contributed by atoms with van der Waals surface area (Å²) in [4.78, 5) is 7.34. The van der Waals surface area contributed by atoms with E-state index in [1.54, 1.807) is 13.0 Å². The van der Waals surface area contributed by atoms with Gasteiger partial charge in [0, 0.05) is 36.6 Å². The Morgan fingerprint density at radius 2 is 1.90 bits per heavy atom. The molecule has 0 amide bonds. The van der Waals surface area contributed by atoms with E-state index in [-0.39, 0.29) is 35.5 Å². The van der Waals surface area contributed by atoms with Crippen molar-refractivity contribution in [3.8, 4) is 11.3 Å². The van der Waals surface area contributed by atoms with E-state index in [0.29, 0.717) is 11.1 Å². The van der Waals surface area contributed by atoms with E-state index < -0.39 is 38.9 Å². The van der Waals surface area contributed by atoms with Crippen LogP contribution in [-0.4, -0.2) is 34.0 Å². The van der Waals surface area contributed by atoms with Crippen LogP contribution < -0.4 is 10.5 Å². The minimum atomic E-state index is -4.72. The SMILES string of the molecule is Cc1ccc(S(=O)(=O)NC23CC(F)(C2)C3)cc1-c1cnc2c(N)nc(C(F)(F)F)cn12. The van der Waals surface area contributed by atoms with Gasteiger partial charge in [-0.25, -0.2) is 27.5 Å². The first-order chi connectivity index (χ1) is 14.3. The third-order valence-corrected chi connectivity index (χ3v) is 7.50. The van der Waals surface area contributed by atoms with Gasteiger partial charge in [-0.05, 0) is 24.6 Å². The fraction of sp³-hybridized carbons (Fsp3) is 0.368. The van der Waals surface area contributed by atoms with Gasteiger partial charge in [-0.2, -0.15) is 13.2 Å². The lowest BCUT2D eigenvalue weighted by Gasteiger charge is -2.65. The number of nitrogens with one attached hydrogen (secondary N) is 1. The summed E-state index contributed by atoms with van der Waals surface area (Å²) in [6.07, 6.45) is -2.18. The van der Waals surface area contributed by atoms with Crippen molar-refractivity contribution in [2.45, 2.75) is 48.5 Å². The van der Waals surface area contributed by atoms with E-state index in [4.69, 9.17) is 5.73 Å². The van der Waals surface area contributed by atoms with Crippen LogP contribution in [0.15, 0.2) is 35.5 Å². The van der Waals surface area contributed by atoms with Crippen LogP contribution in [0.25, 0.3) is 16.9 Å². The number of alkyl halides is 4. The smallest absolute Gasteiger partial charge is 0.381 e. The molecule has 1 aromatic carbocycles. The molecule has 0 spiro atoms. The van der Waals surface area contributed by atoms with Crippen molar-refractivity contribution in [1.29, 1.82) is 0 Å². The minimum Gasteiger partial charge on any atom is -0.381 e. The number of anilines is 1. The highest BCUT2D eigenvalue weighted by atomic mass is 32.2. The Kier molecular flexibility index (Phi) is 3.87. The Hall–Kier alpha value is -2.73. The maximum absolute atomic E-state index is 13.8. The summed E-state index contributed by atoms with van der Waals surface area (Å²) >= 11 is 0. The summed E-state index contributed by atoms with van der Waals surface area (Å²) < 4.78 is 82.8. The molecule has 2 aromatic heterocycles. The predicted molar refractivity (Wildman–Crippen MR) is 103 cm³/mol. The Morgan fingerprint density at radius 1 is 1.23 bits per heavy atom. The standard InChI is InChI=1S/C19H17F4N5O2S/c1-10-2-3-11(31(29,30)27-18-7-17(20,8-18)9-18)4-12(10)13-5-25-16-15(24)26-14(6-28(13)16)19(21,22)23/h2-6,27H,7-9H2,1H3,(H2,24,26). The van der Waals surface area contributed by atoms with E-state index in [9.17, 15) is 26.0 Å². The van der Waals surface area contributed by atoms with Crippen LogP contribution in [0.5, 0.6) is 0 Å². The van der Waals surface area contributed by atoms with Gasteiger partial charge in [0.1, 0.15) is 5.67 Å². The van der Waals surface area contributed by atoms with Gasteiger partial charge in [0.05, 0.1) is 16.8 Å². The summed E-state index contributed by atoms with van der Waals surface area (Å²) in [5, 5.41) is 0. The van der Waals surface area contributed by atoms with Crippen molar-refractivity contribution in [1.82, 2.24) is 19.1 Å². The normalized spacial score (nSPS) is 25.3. The molecular weight excluding hydrogens is 438 g/mol. The van der Waals surface area contributed by atoms with Crippen molar-refractivity contribution < 1.29 is 26.0 Å². The number of nitrogens with zero attached hydrogens (tertiary/aromatic N) is 3. The number of rotatable bonds is 4. The first-order valence-electron chi connectivity index (χ1n) is 9.36. The Bertz CT molecular complexity index is 1330. The average Bonchev–Trinajstić information content (AvgIpc) is 3.03. The second-order valence-electron chi connectivity index (χ2n) is 8.39. The molecule has 2 bridgehead atoms. The molecule has 31 heavy (non-hydrogen) atoms. The van der Waals surface area contributed by atoms with Gasteiger partial charge in [0.15, 0.2) is 17.2 Å². The summed E-state index contributed by atoms with van der Waals surface area (Å²) in [5.41, 5.74) is 3.71. The largest absolute Gasteiger partial charge is 0.434 e. The lowest BCUT2D eigenvalue weighted by Crippen LogP contribution is -2.76. The van der Waals surface area contributed by atoms with Crippen LogP contribution >= 0.6 is 0 Å². The summed E-state index contributed by atoms with van der Waals surface area (Å²) in [6.45, 7) is 1.70. The number of aromatic nitrogens is 3. The van der Waals surface area contributed by atoms with Crippen LogP contribution in [-0.2, 0) is 16.2 Å². The molecule has 3 aliphatic rings. The number of aryl methyl sites for hydroxylation is 1. The highest BCUT2D eigenvalue weighted by Gasteiger charge is 2.70. The first kappa shape index (κ1) is 20.2. The Labute approximate surface area is 174 Å². The van der Waals surface area contributed by atoms with Crippen LogP contribution in [0.2, 0.25) is 0 Å². The number of sulfonamides is 1. The quantitative estimate of drug-likeness (QED) is 0.588. The molecule has 0 aliphatic heterocycles. The van der Waals surface area contributed by atoms with Gasteiger partial charge in [-0.15, -0.1) is 0 Å². The van der Waals surface area contributed by atoms with Crippen LogP contribution in [0, 0.1) is 6.92 Å². The van der Waals surface area contributed by atoms with E-state index in [0.717, 1.165) is 10.6 Å². The van der Waals surface area contributed by atoms with Crippen LogP contribution in [0.4, 0.5) is 23.4 Å². The number of halogens is 4. The zero-order valence-electron chi connectivity index (χ0n) is 16.2. The fourth-order valence-electron chi connectivity index (χ4n) is 4.51. The molecule has 2 heterocycles. The first-order valence-corrected chi connectivity index (χ1v) is 10.8. The van der Waals surface area contributed by atoms with Gasteiger partial charge in [0.25, 0.3) is 0 Å². The van der Waals surface area contributed by atoms with E-state index >= 15 is 0 Å². The zero-order valence-corrected chi connectivity index (χ0v) is 17.0. The second kappa shape index (κ2) is 5.94. The van der Waals surface area contributed by atoms with Gasteiger partial charge in [-0.3, -0.25) is 4.40 Å². The molecule has 0 saturated heterocycles. The minimum absolute atomic E-state index is 0.0240. The Balaban J connectivity index is 1.58. The summed E-state index contributed by atoms with van der Waals surface area (Å²) in [5.74, 6) is -0.395. The number of fused-ring (bicyclic) bond motifs is 1. The van der Waals surface area contributed by atoms with Crippen molar-refractivity contribution in [3.63, 3.8) is 0 Å². The molecule has 0 radical (unpaired) electrons. The average molecular weight is 455 g/mol. The third-order valence-electron chi connectivity index (χ3n) is 5.92. The van der Waals surface area contributed by atoms with Crippen LogP contribution in [0.3, 0.4) is 0 Å². The molecule has 6 rings (SSSR count). The van der Waals surface area contributed by atoms with E-state index in [1.807, 2.05) is 0 Å². The molecule has 0 atom stereocenters. The molecule has 3 saturated carbocycles. The summed E-state index contributed by atoms with van der Waals surface area (Å²) in [6, 6.07) is 4.32. The van der Waals surface area contributed by atoms with E-state index in [2.05, 4.69) is 14.7 Å². The molecule has 3 fully saturated rings. The predicted octanol–water partition coefficient (Wildman–Crippen LogP) is 3.23. The molecule has 3 aliphatic carbocycles. The molecular formula is C19H17F4N5O2S. The fourth-order valence-corrected chi connectivity index (χ4v) is 5.93. The topological polar surface area (TPSA) is 102 Å². The maximum Gasteiger partial charge on any atom is 0.434 e.